The number of hydrogen-bond donors (Lipinski definition) is 2. The van der Waals surface area contributed by atoms with E-state index in [9.17, 15) is 19.7 Å². The van der Waals surface area contributed by atoms with Gasteiger partial charge < -0.3 is 15.4 Å². The SMILES string of the molecule is COc1cc(-c2ccc3c(c2)Nc2ccc(CC(C)=O)cc2NC3=O)ccc1[N+](=O)[O-]. The molecule has 0 atom stereocenters. The number of nitro benzene ring substituents is 1. The van der Waals surface area contributed by atoms with Crippen molar-refractivity contribution in [1.29, 1.82) is 0 Å². The molecule has 0 bridgehead atoms. The Morgan fingerprint density at radius 1 is 0.968 bits per heavy atom. The van der Waals surface area contributed by atoms with Crippen LogP contribution in [-0.4, -0.2) is 23.7 Å². The lowest BCUT2D eigenvalue weighted by Gasteiger charge is -2.12. The molecule has 3 aromatic rings. The number of fused-ring (bicyclic) bond motifs is 2. The molecule has 8 nitrogen and oxygen atoms in total. The smallest absolute Gasteiger partial charge is 0.310 e. The largest absolute Gasteiger partial charge is 0.490 e. The van der Waals surface area contributed by atoms with Gasteiger partial charge in [0.05, 0.1) is 34.7 Å². The van der Waals surface area contributed by atoms with E-state index in [1.165, 1.54) is 20.1 Å². The number of anilines is 3. The summed E-state index contributed by atoms with van der Waals surface area (Å²) >= 11 is 0. The summed E-state index contributed by atoms with van der Waals surface area (Å²) in [6.07, 6.45) is 0.294. The molecule has 31 heavy (non-hydrogen) atoms. The van der Waals surface area contributed by atoms with Crippen LogP contribution >= 0.6 is 0 Å². The molecule has 0 aromatic heterocycles. The van der Waals surface area contributed by atoms with Gasteiger partial charge in [0.15, 0.2) is 5.75 Å². The number of hydrogen-bond acceptors (Lipinski definition) is 6. The van der Waals surface area contributed by atoms with Gasteiger partial charge in [-0.2, -0.15) is 0 Å². The van der Waals surface area contributed by atoms with Gasteiger partial charge in [0, 0.05) is 12.5 Å². The average Bonchev–Trinajstić information content (AvgIpc) is 2.87. The summed E-state index contributed by atoms with van der Waals surface area (Å²) in [4.78, 5) is 34.8. The zero-order valence-electron chi connectivity index (χ0n) is 16.9. The molecular formula is C23H19N3O5. The van der Waals surface area contributed by atoms with Crippen molar-refractivity contribution in [3.8, 4) is 16.9 Å². The minimum Gasteiger partial charge on any atom is -0.490 e. The first-order valence-corrected chi connectivity index (χ1v) is 9.53. The monoisotopic (exact) mass is 417 g/mol. The van der Waals surface area contributed by atoms with Crippen LogP contribution in [0.15, 0.2) is 54.6 Å². The van der Waals surface area contributed by atoms with Gasteiger partial charge in [0.2, 0.25) is 0 Å². The van der Waals surface area contributed by atoms with E-state index >= 15 is 0 Å². The molecule has 1 heterocycles. The third-order valence-electron chi connectivity index (χ3n) is 5.03. The van der Waals surface area contributed by atoms with Crippen LogP contribution < -0.4 is 15.4 Å². The van der Waals surface area contributed by atoms with Crippen molar-refractivity contribution in [2.24, 2.45) is 0 Å². The number of methoxy groups -OCH3 is 1. The predicted molar refractivity (Wildman–Crippen MR) is 117 cm³/mol. The van der Waals surface area contributed by atoms with Crippen LogP contribution in [0.4, 0.5) is 22.7 Å². The second-order valence-corrected chi connectivity index (χ2v) is 7.24. The molecule has 1 aliphatic rings. The fourth-order valence-corrected chi connectivity index (χ4v) is 3.57. The van der Waals surface area contributed by atoms with Crippen molar-refractivity contribution in [1.82, 2.24) is 0 Å². The lowest BCUT2D eigenvalue weighted by molar-refractivity contribution is -0.385. The molecule has 0 fully saturated rings. The van der Waals surface area contributed by atoms with E-state index in [1.54, 1.807) is 30.3 Å². The predicted octanol–water partition coefficient (Wildman–Crippen LogP) is 4.71. The molecule has 0 radical (unpaired) electrons. The zero-order chi connectivity index (χ0) is 22.1. The maximum Gasteiger partial charge on any atom is 0.310 e. The third kappa shape index (κ3) is 3.95. The van der Waals surface area contributed by atoms with Gasteiger partial charge in [-0.25, -0.2) is 0 Å². The number of ketones is 1. The number of Topliss-reactive ketones (excluding diaryl/α,β-unsaturated/α-hetero) is 1. The summed E-state index contributed by atoms with van der Waals surface area (Å²) in [5, 5.41) is 17.3. The summed E-state index contributed by atoms with van der Waals surface area (Å²) in [6.45, 7) is 1.52. The number of carbonyl (C=O) groups is 2. The Labute approximate surface area is 178 Å². The molecule has 156 valence electrons. The van der Waals surface area contributed by atoms with E-state index in [4.69, 9.17) is 4.74 Å². The summed E-state index contributed by atoms with van der Waals surface area (Å²) in [5.74, 6) is -0.0696. The van der Waals surface area contributed by atoms with Crippen LogP contribution in [0.25, 0.3) is 11.1 Å². The highest BCUT2D eigenvalue weighted by atomic mass is 16.6. The average molecular weight is 417 g/mol. The van der Waals surface area contributed by atoms with Crippen molar-refractivity contribution in [3.05, 3.63) is 75.8 Å². The van der Waals surface area contributed by atoms with Gasteiger partial charge in [0.25, 0.3) is 5.91 Å². The summed E-state index contributed by atoms with van der Waals surface area (Å²) < 4.78 is 5.16. The molecule has 0 aliphatic carbocycles. The zero-order valence-corrected chi connectivity index (χ0v) is 16.9. The van der Waals surface area contributed by atoms with Crippen LogP contribution in [0.1, 0.15) is 22.8 Å². The number of nitrogens with zero attached hydrogens (tertiary/aromatic N) is 1. The second-order valence-electron chi connectivity index (χ2n) is 7.24. The normalized spacial score (nSPS) is 12.0. The van der Waals surface area contributed by atoms with E-state index in [-0.39, 0.29) is 23.1 Å². The van der Waals surface area contributed by atoms with Crippen molar-refractivity contribution in [2.75, 3.05) is 17.7 Å². The first-order chi connectivity index (χ1) is 14.9. The van der Waals surface area contributed by atoms with E-state index in [0.717, 1.165) is 11.1 Å². The number of carbonyl (C=O) groups excluding carboxylic acids is 2. The Balaban J connectivity index is 1.73. The summed E-state index contributed by atoms with van der Waals surface area (Å²) in [5.41, 5.74) is 4.55. The lowest BCUT2D eigenvalue weighted by Crippen LogP contribution is -2.11. The van der Waals surface area contributed by atoms with Crippen molar-refractivity contribution < 1.29 is 19.2 Å². The number of nitro groups is 1. The Bertz CT molecular complexity index is 1240. The quantitative estimate of drug-likeness (QED) is 0.459. The summed E-state index contributed by atoms with van der Waals surface area (Å²) in [6, 6.07) is 15.4. The minimum absolute atomic E-state index is 0.0410. The highest BCUT2D eigenvalue weighted by molar-refractivity contribution is 6.12. The minimum atomic E-state index is -0.497. The van der Waals surface area contributed by atoms with Gasteiger partial charge in [-0.3, -0.25) is 19.7 Å². The van der Waals surface area contributed by atoms with Gasteiger partial charge in [-0.15, -0.1) is 0 Å². The van der Waals surface area contributed by atoms with Gasteiger partial charge in [0.1, 0.15) is 5.78 Å². The highest BCUT2D eigenvalue weighted by Gasteiger charge is 2.21. The maximum atomic E-state index is 12.8. The van der Waals surface area contributed by atoms with Crippen LogP contribution in [0.5, 0.6) is 5.75 Å². The number of nitrogens with one attached hydrogen (secondary N) is 2. The van der Waals surface area contributed by atoms with E-state index in [2.05, 4.69) is 10.6 Å². The van der Waals surface area contributed by atoms with Crippen LogP contribution in [0.2, 0.25) is 0 Å². The molecule has 3 aromatic carbocycles. The fourth-order valence-electron chi connectivity index (χ4n) is 3.57. The molecule has 1 amide bonds. The molecule has 1 aliphatic heterocycles. The third-order valence-corrected chi connectivity index (χ3v) is 5.03. The Kier molecular flexibility index (Phi) is 5.12. The van der Waals surface area contributed by atoms with Crippen LogP contribution in [0.3, 0.4) is 0 Å². The molecule has 0 saturated carbocycles. The Morgan fingerprint density at radius 2 is 1.71 bits per heavy atom. The van der Waals surface area contributed by atoms with E-state index in [1.807, 2.05) is 18.2 Å². The maximum absolute atomic E-state index is 12.8. The molecule has 0 saturated heterocycles. The van der Waals surface area contributed by atoms with Crippen molar-refractivity contribution >= 4 is 34.4 Å². The van der Waals surface area contributed by atoms with Crippen LogP contribution in [-0.2, 0) is 11.2 Å². The number of amides is 1. The van der Waals surface area contributed by atoms with E-state index < -0.39 is 4.92 Å². The Morgan fingerprint density at radius 3 is 2.42 bits per heavy atom. The first-order valence-electron chi connectivity index (χ1n) is 9.53. The molecule has 0 spiro atoms. The van der Waals surface area contributed by atoms with Gasteiger partial charge in [-0.1, -0.05) is 12.1 Å². The number of rotatable bonds is 5. The highest BCUT2D eigenvalue weighted by Crippen LogP contribution is 2.37. The molecule has 4 rings (SSSR count). The molecule has 0 unspecified atom stereocenters. The number of benzene rings is 3. The first kappa shape index (κ1) is 20.1. The molecule has 8 heteroatoms. The van der Waals surface area contributed by atoms with Crippen LogP contribution in [0, 0.1) is 10.1 Å². The molecule has 2 N–H and O–H groups in total. The van der Waals surface area contributed by atoms with Crippen molar-refractivity contribution in [2.45, 2.75) is 13.3 Å². The lowest BCUT2D eigenvalue weighted by atomic mass is 10.0. The molecular weight excluding hydrogens is 398 g/mol. The van der Waals surface area contributed by atoms with E-state index in [0.29, 0.717) is 34.6 Å². The second kappa shape index (κ2) is 7.91. The standard InChI is InChI=1S/C23H19N3O5/c1-13(27)9-14-3-7-18-20(10-14)25-23(28)17-6-4-15(11-19(17)24-18)16-5-8-21(26(29)30)22(12-16)31-2/h3-8,10-12,24H,9H2,1-2H3,(H,25,28). The fraction of sp³-hybridized carbons (Fsp3) is 0.130. The van der Waals surface area contributed by atoms with Gasteiger partial charge >= 0.3 is 5.69 Å². The van der Waals surface area contributed by atoms with Crippen molar-refractivity contribution in [3.63, 3.8) is 0 Å². The summed E-state index contributed by atoms with van der Waals surface area (Å²) in [7, 11) is 1.38. The van der Waals surface area contributed by atoms with Gasteiger partial charge in [-0.05, 0) is 60.0 Å². The number of ether oxygens (including phenoxy) is 1. The Hall–Kier alpha value is -4.20. The topological polar surface area (TPSA) is 111 Å².